The Labute approximate surface area is 140 Å². The van der Waals surface area contributed by atoms with Crippen LogP contribution in [0.5, 0.6) is 0 Å². The standard InChI is InChI=1S/C12H9Br3ClNS/c13-7-2-1-6(9(16)4-7)3-10(17)8-5-11(14)18-12(8)15/h1-2,4-5,10H,3,17H2. The Bertz CT molecular complexity index is 570. The van der Waals surface area contributed by atoms with Gasteiger partial charge in [0.05, 0.1) is 7.57 Å². The molecule has 0 radical (unpaired) electrons. The molecule has 1 unspecified atom stereocenters. The molecule has 1 nitrogen and oxygen atoms in total. The Hall–Kier alpha value is 0.610. The molecule has 1 atom stereocenters. The minimum Gasteiger partial charge on any atom is -0.324 e. The summed E-state index contributed by atoms with van der Waals surface area (Å²) < 4.78 is 3.11. The van der Waals surface area contributed by atoms with Crippen LogP contribution in [0.3, 0.4) is 0 Å². The third-order valence-corrected chi connectivity index (χ3v) is 5.77. The lowest BCUT2D eigenvalue weighted by molar-refractivity contribution is 0.722. The zero-order chi connectivity index (χ0) is 13.3. The van der Waals surface area contributed by atoms with Crippen molar-refractivity contribution < 1.29 is 0 Å². The normalized spacial score (nSPS) is 12.7. The highest BCUT2D eigenvalue weighted by atomic mass is 79.9. The fraction of sp³-hybridized carbons (Fsp3) is 0.167. The van der Waals surface area contributed by atoms with Crippen LogP contribution >= 0.6 is 70.7 Å². The van der Waals surface area contributed by atoms with E-state index in [1.807, 2.05) is 24.3 Å². The zero-order valence-electron chi connectivity index (χ0n) is 9.09. The molecule has 1 aromatic carbocycles. The van der Waals surface area contributed by atoms with Gasteiger partial charge in [-0.15, -0.1) is 11.3 Å². The predicted octanol–water partition coefficient (Wildman–Crippen LogP) is 5.93. The van der Waals surface area contributed by atoms with Gasteiger partial charge >= 0.3 is 0 Å². The van der Waals surface area contributed by atoms with Crippen LogP contribution in [0.4, 0.5) is 0 Å². The van der Waals surface area contributed by atoms with Gasteiger partial charge in [0.1, 0.15) is 0 Å². The first-order valence-electron chi connectivity index (χ1n) is 5.11. The Morgan fingerprint density at radius 2 is 1.94 bits per heavy atom. The van der Waals surface area contributed by atoms with Crippen LogP contribution in [0.25, 0.3) is 0 Å². The second-order valence-electron chi connectivity index (χ2n) is 3.83. The van der Waals surface area contributed by atoms with E-state index in [4.69, 9.17) is 17.3 Å². The molecule has 96 valence electrons. The molecule has 0 saturated carbocycles. The van der Waals surface area contributed by atoms with Gasteiger partial charge < -0.3 is 5.73 Å². The maximum absolute atomic E-state index is 6.23. The predicted molar refractivity (Wildman–Crippen MR) is 89.5 cm³/mol. The van der Waals surface area contributed by atoms with Crippen LogP contribution in [-0.4, -0.2) is 0 Å². The van der Waals surface area contributed by atoms with Crippen molar-refractivity contribution in [2.45, 2.75) is 12.5 Å². The first kappa shape index (κ1) is 15.0. The molecule has 1 heterocycles. The average Bonchev–Trinajstić information content (AvgIpc) is 2.62. The summed E-state index contributed by atoms with van der Waals surface area (Å²) in [5.41, 5.74) is 8.39. The topological polar surface area (TPSA) is 26.0 Å². The molecule has 0 fully saturated rings. The summed E-state index contributed by atoms with van der Waals surface area (Å²) in [4.78, 5) is 0. The van der Waals surface area contributed by atoms with Crippen molar-refractivity contribution in [3.63, 3.8) is 0 Å². The van der Waals surface area contributed by atoms with Crippen molar-refractivity contribution in [2.75, 3.05) is 0 Å². The van der Waals surface area contributed by atoms with Crippen LogP contribution in [0, 0.1) is 0 Å². The SMILES string of the molecule is NC(Cc1ccc(Br)cc1Cl)c1cc(Br)sc1Br. The van der Waals surface area contributed by atoms with Gasteiger partial charge in [-0.3, -0.25) is 0 Å². The molecule has 0 spiro atoms. The summed E-state index contributed by atoms with van der Waals surface area (Å²) in [5.74, 6) is 0. The van der Waals surface area contributed by atoms with Gasteiger partial charge in [-0.2, -0.15) is 0 Å². The molecule has 2 rings (SSSR count). The minimum atomic E-state index is -0.0689. The minimum absolute atomic E-state index is 0.0689. The molecule has 2 N–H and O–H groups in total. The molecule has 0 saturated heterocycles. The van der Waals surface area contributed by atoms with Gasteiger partial charge in [-0.1, -0.05) is 33.6 Å². The Balaban J connectivity index is 2.21. The summed E-state index contributed by atoms with van der Waals surface area (Å²) in [7, 11) is 0. The Morgan fingerprint density at radius 3 is 2.50 bits per heavy atom. The molecular formula is C12H9Br3ClNS. The highest BCUT2D eigenvalue weighted by Crippen LogP contribution is 2.36. The molecule has 0 bridgehead atoms. The summed E-state index contributed by atoms with van der Waals surface area (Å²) in [5, 5.41) is 0.741. The Morgan fingerprint density at radius 1 is 1.22 bits per heavy atom. The van der Waals surface area contributed by atoms with E-state index in [9.17, 15) is 0 Å². The molecule has 0 amide bonds. The van der Waals surface area contributed by atoms with Gasteiger partial charge in [0.15, 0.2) is 0 Å². The van der Waals surface area contributed by atoms with E-state index < -0.39 is 0 Å². The Kier molecular flexibility index (Phi) is 5.31. The van der Waals surface area contributed by atoms with Crippen molar-refractivity contribution in [1.82, 2.24) is 0 Å². The van der Waals surface area contributed by atoms with Gasteiger partial charge in [-0.25, -0.2) is 0 Å². The summed E-state index contributed by atoms with van der Waals surface area (Å²) in [6, 6.07) is 7.85. The maximum Gasteiger partial charge on any atom is 0.0758 e. The van der Waals surface area contributed by atoms with Crippen molar-refractivity contribution in [1.29, 1.82) is 0 Å². The highest BCUT2D eigenvalue weighted by Gasteiger charge is 2.15. The monoisotopic (exact) mass is 471 g/mol. The number of halogens is 4. The van der Waals surface area contributed by atoms with Crippen molar-refractivity contribution in [3.8, 4) is 0 Å². The number of nitrogens with two attached hydrogens (primary N) is 1. The quantitative estimate of drug-likeness (QED) is 0.586. The lowest BCUT2D eigenvalue weighted by atomic mass is 10.0. The third kappa shape index (κ3) is 3.58. The van der Waals surface area contributed by atoms with Crippen LogP contribution in [0.15, 0.2) is 36.3 Å². The first-order valence-corrected chi connectivity index (χ1v) is 8.69. The summed E-state index contributed by atoms with van der Waals surface area (Å²) in [6.07, 6.45) is 0.716. The van der Waals surface area contributed by atoms with Gasteiger partial charge in [0.25, 0.3) is 0 Å². The second kappa shape index (κ2) is 6.37. The molecule has 0 aliphatic carbocycles. The van der Waals surface area contributed by atoms with E-state index in [0.29, 0.717) is 6.42 Å². The van der Waals surface area contributed by atoms with Crippen molar-refractivity contribution >= 4 is 70.7 Å². The van der Waals surface area contributed by atoms with E-state index in [1.54, 1.807) is 11.3 Å². The number of hydrogen-bond acceptors (Lipinski definition) is 2. The number of benzene rings is 1. The van der Waals surface area contributed by atoms with Crippen molar-refractivity contribution in [3.05, 3.63) is 52.5 Å². The first-order chi connectivity index (χ1) is 8.47. The number of rotatable bonds is 3. The van der Waals surface area contributed by atoms with Gasteiger partial charge in [-0.05, 0) is 67.6 Å². The van der Waals surface area contributed by atoms with Crippen LogP contribution in [-0.2, 0) is 6.42 Å². The highest BCUT2D eigenvalue weighted by molar-refractivity contribution is 9.12. The van der Waals surface area contributed by atoms with E-state index in [1.165, 1.54) is 0 Å². The number of hydrogen-bond donors (Lipinski definition) is 1. The average molecular weight is 474 g/mol. The molecular weight excluding hydrogens is 465 g/mol. The van der Waals surface area contributed by atoms with Crippen molar-refractivity contribution in [2.24, 2.45) is 5.73 Å². The zero-order valence-corrected chi connectivity index (χ0v) is 15.4. The van der Waals surface area contributed by atoms with Gasteiger partial charge in [0.2, 0.25) is 0 Å². The lowest BCUT2D eigenvalue weighted by Crippen LogP contribution is -2.13. The van der Waals surface area contributed by atoms with E-state index in [0.717, 1.165) is 28.2 Å². The second-order valence-corrected chi connectivity index (χ2v) is 8.90. The summed E-state index contributed by atoms with van der Waals surface area (Å²) >= 11 is 18.2. The molecule has 18 heavy (non-hydrogen) atoms. The largest absolute Gasteiger partial charge is 0.324 e. The molecule has 2 aromatic rings. The third-order valence-electron chi connectivity index (χ3n) is 2.54. The number of thiophene rings is 1. The molecule has 1 aromatic heterocycles. The molecule has 0 aliphatic rings. The van der Waals surface area contributed by atoms with Crippen LogP contribution in [0.2, 0.25) is 5.02 Å². The molecule has 6 heteroatoms. The fourth-order valence-electron chi connectivity index (χ4n) is 1.64. The smallest absolute Gasteiger partial charge is 0.0758 e. The van der Waals surface area contributed by atoms with Crippen LogP contribution < -0.4 is 5.73 Å². The van der Waals surface area contributed by atoms with Crippen LogP contribution in [0.1, 0.15) is 17.2 Å². The maximum atomic E-state index is 6.23. The van der Waals surface area contributed by atoms with E-state index >= 15 is 0 Å². The van der Waals surface area contributed by atoms with Gasteiger partial charge in [0, 0.05) is 15.5 Å². The lowest BCUT2D eigenvalue weighted by Gasteiger charge is -2.12. The fourth-order valence-corrected chi connectivity index (χ4v) is 5.39. The van der Waals surface area contributed by atoms with E-state index in [-0.39, 0.29) is 6.04 Å². The molecule has 0 aliphatic heterocycles. The van der Waals surface area contributed by atoms with E-state index in [2.05, 4.69) is 47.8 Å². The summed E-state index contributed by atoms with van der Waals surface area (Å²) in [6.45, 7) is 0.